The van der Waals surface area contributed by atoms with Crippen molar-refractivity contribution in [1.29, 1.82) is 0 Å². The molecule has 0 fully saturated rings. The topological polar surface area (TPSA) is 87.7 Å². The molecule has 90 valence electrons. The van der Waals surface area contributed by atoms with Gasteiger partial charge in [0.1, 0.15) is 11.4 Å². The van der Waals surface area contributed by atoms with Crippen molar-refractivity contribution >= 4 is 11.4 Å². The smallest absolute Gasteiger partial charge is 0.143 e. The molecule has 5 nitrogen and oxygen atoms in total. The van der Waals surface area contributed by atoms with Crippen LogP contribution in [0.5, 0.6) is 5.75 Å². The summed E-state index contributed by atoms with van der Waals surface area (Å²) < 4.78 is 5.07. The van der Waals surface area contributed by atoms with E-state index in [0.717, 1.165) is 0 Å². The number of methoxy groups -OCH3 is 1. The molecular formula is C11H18N2O3. The first kappa shape index (κ1) is 12.6. The maximum absolute atomic E-state index is 9.62. The normalized spacial score (nSPS) is 14.2. The molecule has 0 aliphatic heterocycles. The van der Waals surface area contributed by atoms with Crippen LogP contribution in [0.2, 0.25) is 0 Å². The summed E-state index contributed by atoms with van der Waals surface area (Å²) in [5.74, 6) is 0.577. The maximum Gasteiger partial charge on any atom is 0.143 e. The molecule has 0 amide bonds. The predicted octanol–water partition coefficient (Wildman–Crippen LogP) is 0.433. The quantitative estimate of drug-likeness (QED) is 0.547. The number of aliphatic hydroxyl groups excluding tert-OH is 1. The van der Waals surface area contributed by atoms with Crippen molar-refractivity contribution < 1.29 is 14.9 Å². The molecule has 1 aromatic carbocycles. The van der Waals surface area contributed by atoms with Crippen LogP contribution in [-0.4, -0.2) is 36.1 Å². The minimum atomic E-state index is -1.17. The van der Waals surface area contributed by atoms with Gasteiger partial charge in [-0.3, -0.25) is 0 Å². The molecule has 0 heterocycles. The Morgan fingerprint density at radius 2 is 2.19 bits per heavy atom. The molecule has 1 aromatic rings. The average Bonchev–Trinajstić information content (AvgIpc) is 2.28. The number of anilines is 2. The number of para-hydroxylation sites is 1. The Hall–Kier alpha value is -1.46. The van der Waals surface area contributed by atoms with Gasteiger partial charge in [0.2, 0.25) is 0 Å². The Morgan fingerprint density at radius 1 is 1.50 bits per heavy atom. The SMILES string of the molecule is COc1cccc(NCC(C)(O)CO)c1N. The third-order valence-corrected chi connectivity index (χ3v) is 2.29. The minimum Gasteiger partial charge on any atom is -0.495 e. The van der Waals surface area contributed by atoms with E-state index >= 15 is 0 Å². The second-order valence-corrected chi connectivity index (χ2v) is 3.93. The van der Waals surface area contributed by atoms with Gasteiger partial charge in [-0.05, 0) is 19.1 Å². The molecule has 1 atom stereocenters. The van der Waals surface area contributed by atoms with Crippen LogP contribution in [-0.2, 0) is 0 Å². The second kappa shape index (κ2) is 5.05. The predicted molar refractivity (Wildman–Crippen MR) is 63.6 cm³/mol. The molecule has 0 saturated carbocycles. The number of ether oxygens (including phenoxy) is 1. The highest BCUT2D eigenvalue weighted by molar-refractivity contribution is 5.72. The van der Waals surface area contributed by atoms with Crippen LogP contribution in [0.1, 0.15) is 6.92 Å². The van der Waals surface area contributed by atoms with Gasteiger partial charge in [-0.15, -0.1) is 0 Å². The number of nitrogen functional groups attached to an aromatic ring is 1. The van der Waals surface area contributed by atoms with Crippen molar-refractivity contribution in [1.82, 2.24) is 0 Å². The van der Waals surface area contributed by atoms with Crippen LogP contribution in [0.15, 0.2) is 18.2 Å². The van der Waals surface area contributed by atoms with Gasteiger partial charge in [0.05, 0.1) is 25.1 Å². The molecule has 0 aliphatic carbocycles. The highest BCUT2D eigenvalue weighted by atomic mass is 16.5. The van der Waals surface area contributed by atoms with Gasteiger partial charge >= 0.3 is 0 Å². The van der Waals surface area contributed by atoms with Crippen LogP contribution in [0.25, 0.3) is 0 Å². The fourth-order valence-corrected chi connectivity index (χ4v) is 1.22. The van der Waals surface area contributed by atoms with Crippen LogP contribution >= 0.6 is 0 Å². The monoisotopic (exact) mass is 226 g/mol. The number of rotatable bonds is 5. The van der Waals surface area contributed by atoms with Crippen molar-refractivity contribution in [2.45, 2.75) is 12.5 Å². The number of benzene rings is 1. The number of nitrogens with two attached hydrogens (primary N) is 1. The molecule has 0 aliphatic rings. The number of hydrogen-bond acceptors (Lipinski definition) is 5. The van der Waals surface area contributed by atoms with E-state index in [9.17, 15) is 5.11 Å². The third-order valence-electron chi connectivity index (χ3n) is 2.29. The first-order chi connectivity index (χ1) is 7.50. The number of nitrogens with one attached hydrogen (secondary N) is 1. The standard InChI is InChI=1S/C11H18N2O3/c1-11(15,7-14)6-13-8-4-3-5-9(16-2)10(8)12/h3-5,13-15H,6-7,12H2,1-2H3. The van der Waals surface area contributed by atoms with E-state index in [-0.39, 0.29) is 13.2 Å². The Balaban J connectivity index is 2.75. The Labute approximate surface area is 94.8 Å². The van der Waals surface area contributed by atoms with E-state index in [1.54, 1.807) is 25.3 Å². The van der Waals surface area contributed by atoms with Crippen molar-refractivity contribution in [3.8, 4) is 5.75 Å². The van der Waals surface area contributed by atoms with Gasteiger partial charge in [0, 0.05) is 6.54 Å². The summed E-state index contributed by atoms with van der Waals surface area (Å²) in [6, 6.07) is 5.33. The Kier molecular flexibility index (Phi) is 3.98. The van der Waals surface area contributed by atoms with Gasteiger partial charge in [-0.25, -0.2) is 0 Å². The fraction of sp³-hybridized carbons (Fsp3) is 0.455. The van der Waals surface area contributed by atoms with Crippen molar-refractivity contribution in [2.75, 3.05) is 31.3 Å². The molecule has 1 unspecified atom stereocenters. The number of aliphatic hydroxyl groups is 2. The van der Waals surface area contributed by atoms with Crippen molar-refractivity contribution in [3.05, 3.63) is 18.2 Å². The maximum atomic E-state index is 9.62. The number of hydrogen-bond donors (Lipinski definition) is 4. The summed E-state index contributed by atoms with van der Waals surface area (Å²) in [5.41, 5.74) is 5.82. The van der Waals surface area contributed by atoms with Crippen LogP contribution in [0.3, 0.4) is 0 Å². The fourth-order valence-electron chi connectivity index (χ4n) is 1.22. The van der Waals surface area contributed by atoms with Gasteiger partial charge in [0.25, 0.3) is 0 Å². The van der Waals surface area contributed by atoms with Crippen molar-refractivity contribution in [2.24, 2.45) is 0 Å². The van der Waals surface area contributed by atoms with E-state index in [2.05, 4.69) is 5.32 Å². The molecule has 16 heavy (non-hydrogen) atoms. The highest BCUT2D eigenvalue weighted by Crippen LogP contribution is 2.29. The molecule has 0 saturated heterocycles. The molecule has 5 heteroatoms. The molecule has 0 aromatic heterocycles. The van der Waals surface area contributed by atoms with Crippen LogP contribution in [0.4, 0.5) is 11.4 Å². The molecule has 0 bridgehead atoms. The summed E-state index contributed by atoms with van der Waals surface area (Å²) >= 11 is 0. The highest BCUT2D eigenvalue weighted by Gasteiger charge is 2.19. The summed E-state index contributed by atoms with van der Waals surface area (Å²) in [4.78, 5) is 0. The zero-order valence-corrected chi connectivity index (χ0v) is 9.53. The molecule has 1 rings (SSSR count). The van der Waals surface area contributed by atoms with Crippen LogP contribution in [0, 0.1) is 0 Å². The molecule has 0 spiro atoms. The summed E-state index contributed by atoms with van der Waals surface area (Å²) in [6.45, 7) is 1.43. The first-order valence-corrected chi connectivity index (χ1v) is 5.00. The molecular weight excluding hydrogens is 208 g/mol. The third kappa shape index (κ3) is 3.01. The summed E-state index contributed by atoms with van der Waals surface area (Å²) in [6.07, 6.45) is 0. The van der Waals surface area contributed by atoms with E-state index in [0.29, 0.717) is 17.1 Å². The van der Waals surface area contributed by atoms with Gasteiger partial charge in [0.15, 0.2) is 0 Å². The van der Waals surface area contributed by atoms with Crippen molar-refractivity contribution in [3.63, 3.8) is 0 Å². The molecule has 5 N–H and O–H groups in total. The van der Waals surface area contributed by atoms with Crippen LogP contribution < -0.4 is 15.8 Å². The van der Waals surface area contributed by atoms with Gasteiger partial charge in [-0.2, -0.15) is 0 Å². The average molecular weight is 226 g/mol. The van der Waals surface area contributed by atoms with E-state index < -0.39 is 5.60 Å². The minimum absolute atomic E-state index is 0.209. The first-order valence-electron chi connectivity index (χ1n) is 5.00. The van der Waals surface area contributed by atoms with E-state index in [1.165, 1.54) is 6.92 Å². The lowest BCUT2D eigenvalue weighted by molar-refractivity contribution is 0.0132. The summed E-state index contributed by atoms with van der Waals surface area (Å²) in [7, 11) is 1.54. The van der Waals surface area contributed by atoms with Gasteiger partial charge in [-0.1, -0.05) is 6.07 Å². The lowest BCUT2D eigenvalue weighted by Crippen LogP contribution is -2.37. The Morgan fingerprint density at radius 3 is 2.75 bits per heavy atom. The van der Waals surface area contributed by atoms with E-state index in [1.807, 2.05) is 0 Å². The zero-order chi connectivity index (χ0) is 12.2. The Bertz CT molecular complexity index is 353. The largest absolute Gasteiger partial charge is 0.495 e. The molecule has 0 radical (unpaired) electrons. The zero-order valence-electron chi connectivity index (χ0n) is 9.53. The lowest BCUT2D eigenvalue weighted by atomic mass is 10.1. The lowest BCUT2D eigenvalue weighted by Gasteiger charge is -2.22. The second-order valence-electron chi connectivity index (χ2n) is 3.93. The summed E-state index contributed by atoms with van der Waals surface area (Å²) in [5, 5.41) is 21.5. The van der Waals surface area contributed by atoms with Gasteiger partial charge < -0.3 is 26.0 Å². The van der Waals surface area contributed by atoms with E-state index in [4.69, 9.17) is 15.6 Å².